The van der Waals surface area contributed by atoms with Crippen molar-refractivity contribution >= 4 is 29.1 Å². The van der Waals surface area contributed by atoms with Crippen molar-refractivity contribution in [3.8, 4) is 5.75 Å². The third kappa shape index (κ3) is 5.23. The van der Waals surface area contributed by atoms with E-state index in [4.69, 9.17) is 16.3 Å². The molecule has 3 aromatic rings. The molecular weight excluding hydrogens is 464 g/mol. The first kappa shape index (κ1) is 24.5. The van der Waals surface area contributed by atoms with Gasteiger partial charge in [-0.05, 0) is 66.4 Å². The standard InChI is InChI=1S/C28H27ClN2O4/c1-3-4-14-35-23-12-9-21(15-18(23)2)26(32)24-25(20-7-10-22(29)11-8-20)31(28(34)27(24)33)17-19-6-5-13-30-16-19/h5-13,15-16,25,32H,3-4,14,17H2,1-2H3/t25-/m0/s1. The Morgan fingerprint density at radius 2 is 1.91 bits per heavy atom. The molecule has 1 saturated heterocycles. The van der Waals surface area contributed by atoms with Crippen molar-refractivity contribution < 1.29 is 19.4 Å². The summed E-state index contributed by atoms with van der Waals surface area (Å²) in [5.41, 5.74) is 2.77. The Hall–Kier alpha value is -3.64. The molecule has 1 aromatic heterocycles. The first-order valence-corrected chi connectivity index (χ1v) is 11.9. The van der Waals surface area contributed by atoms with Gasteiger partial charge in [-0.2, -0.15) is 0 Å². The summed E-state index contributed by atoms with van der Waals surface area (Å²) in [4.78, 5) is 31.9. The number of hydrogen-bond donors (Lipinski definition) is 1. The second-order valence-corrected chi connectivity index (χ2v) is 8.96. The molecule has 0 bridgehead atoms. The van der Waals surface area contributed by atoms with Crippen molar-refractivity contribution in [2.24, 2.45) is 0 Å². The lowest BCUT2D eigenvalue weighted by atomic mass is 9.94. The maximum absolute atomic E-state index is 13.2. The van der Waals surface area contributed by atoms with Crippen molar-refractivity contribution in [1.29, 1.82) is 0 Å². The summed E-state index contributed by atoms with van der Waals surface area (Å²) in [6, 6.07) is 15.0. The van der Waals surface area contributed by atoms with Crippen molar-refractivity contribution in [1.82, 2.24) is 9.88 Å². The van der Waals surface area contributed by atoms with Crippen molar-refractivity contribution in [2.75, 3.05) is 6.61 Å². The van der Waals surface area contributed by atoms with Crippen LogP contribution < -0.4 is 4.74 Å². The van der Waals surface area contributed by atoms with Crippen molar-refractivity contribution in [3.05, 3.63) is 99.8 Å². The van der Waals surface area contributed by atoms with Gasteiger partial charge in [-0.25, -0.2) is 0 Å². The van der Waals surface area contributed by atoms with Gasteiger partial charge in [0.1, 0.15) is 11.5 Å². The van der Waals surface area contributed by atoms with Gasteiger partial charge in [0, 0.05) is 29.5 Å². The fourth-order valence-corrected chi connectivity index (χ4v) is 4.29. The number of likely N-dealkylation sites (tertiary alicyclic amines) is 1. The van der Waals surface area contributed by atoms with Crippen LogP contribution in [-0.4, -0.2) is 33.3 Å². The van der Waals surface area contributed by atoms with Crippen LogP contribution in [0.4, 0.5) is 0 Å². The predicted molar refractivity (Wildman–Crippen MR) is 135 cm³/mol. The summed E-state index contributed by atoms with van der Waals surface area (Å²) in [6.07, 6.45) is 5.27. The van der Waals surface area contributed by atoms with Crippen LogP contribution in [0.15, 0.2) is 72.6 Å². The largest absolute Gasteiger partial charge is 0.507 e. The summed E-state index contributed by atoms with van der Waals surface area (Å²) in [5.74, 6) is -0.902. The number of halogens is 1. The quantitative estimate of drug-likeness (QED) is 0.185. The number of pyridine rings is 1. The topological polar surface area (TPSA) is 79.7 Å². The number of hydrogen-bond acceptors (Lipinski definition) is 5. The smallest absolute Gasteiger partial charge is 0.295 e. The number of nitrogens with zero attached hydrogens (tertiary/aromatic N) is 2. The molecule has 2 aromatic carbocycles. The molecule has 0 saturated carbocycles. The second kappa shape index (κ2) is 10.7. The zero-order chi connectivity index (χ0) is 24.9. The highest BCUT2D eigenvalue weighted by Crippen LogP contribution is 2.41. The maximum atomic E-state index is 13.2. The lowest BCUT2D eigenvalue weighted by molar-refractivity contribution is -0.140. The number of benzene rings is 2. The number of carbonyl (C=O) groups excluding carboxylic acids is 2. The third-order valence-electron chi connectivity index (χ3n) is 6.01. The Morgan fingerprint density at radius 3 is 2.57 bits per heavy atom. The van der Waals surface area contributed by atoms with Crippen LogP contribution >= 0.6 is 11.6 Å². The van der Waals surface area contributed by atoms with Crippen LogP contribution in [0.1, 0.15) is 48.1 Å². The van der Waals surface area contributed by atoms with E-state index in [0.717, 1.165) is 29.7 Å². The Labute approximate surface area is 209 Å². The zero-order valence-corrected chi connectivity index (χ0v) is 20.5. The van der Waals surface area contributed by atoms with E-state index in [0.29, 0.717) is 22.8 Å². The Morgan fingerprint density at radius 1 is 1.14 bits per heavy atom. The first-order chi connectivity index (χ1) is 16.9. The number of aryl methyl sites for hydroxylation is 1. The van der Waals surface area contributed by atoms with E-state index in [1.54, 1.807) is 60.9 Å². The minimum Gasteiger partial charge on any atom is -0.507 e. The number of unbranched alkanes of at least 4 members (excludes halogenated alkanes) is 1. The Kier molecular flexibility index (Phi) is 7.51. The molecule has 1 fully saturated rings. The predicted octanol–water partition coefficient (Wildman–Crippen LogP) is 5.84. The van der Waals surface area contributed by atoms with E-state index in [2.05, 4.69) is 11.9 Å². The van der Waals surface area contributed by atoms with Gasteiger partial charge in [-0.3, -0.25) is 14.6 Å². The average Bonchev–Trinajstić information content (AvgIpc) is 3.10. The molecule has 1 amide bonds. The molecule has 0 aliphatic carbocycles. The van der Waals surface area contributed by atoms with Gasteiger partial charge < -0.3 is 14.7 Å². The second-order valence-electron chi connectivity index (χ2n) is 8.52. The van der Waals surface area contributed by atoms with E-state index in [1.165, 1.54) is 4.90 Å². The molecule has 4 rings (SSSR count). The number of ketones is 1. The highest BCUT2D eigenvalue weighted by molar-refractivity contribution is 6.46. The number of aromatic nitrogens is 1. The lowest BCUT2D eigenvalue weighted by Gasteiger charge is -2.25. The highest BCUT2D eigenvalue weighted by Gasteiger charge is 2.46. The summed E-state index contributed by atoms with van der Waals surface area (Å²) >= 11 is 6.09. The molecule has 7 heteroatoms. The molecule has 1 aliphatic rings. The van der Waals surface area contributed by atoms with Gasteiger partial charge >= 0.3 is 0 Å². The third-order valence-corrected chi connectivity index (χ3v) is 6.26. The molecule has 35 heavy (non-hydrogen) atoms. The van der Waals surface area contributed by atoms with Gasteiger partial charge in [-0.15, -0.1) is 0 Å². The minimum absolute atomic E-state index is 0.0419. The van der Waals surface area contributed by atoms with E-state index < -0.39 is 17.7 Å². The number of Topliss-reactive ketones (excluding diaryl/α,β-unsaturated/α-hetero) is 1. The van der Waals surface area contributed by atoms with E-state index >= 15 is 0 Å². The van der Waals surface area contributed by atoms with Gasteiger partial charge in [0.15, 0.2) is 0 Å². The van der Waals surface area contributed by atoms with Crippen LogP contribution in [-0.2, 0) is 16.1 Å². The molecule has 0 radical (unpaired) electrons. The van der Waals surface area contributed by atoms with Crippen LogP contribution in [0.2, 0.25) is 5.02 Å². The monoisotopic (exact) mass is 490 g/mol. The van der Waals surface area contributed by atoms with Gasteiger partial charge in [0.05, 0.1) is 18.2 Å². The molecule has 6 nitrogen and oxygen atoms in total. The minimum atomic E-state index is -0.770. The van der Waals surface area contributed by atoms with E-state index in [9.17, 15) is 14.7 Å². The molecule has 2 heterocycles. The summed E-state index contributed by atoms with van der Waals surface area (Å²) in [7, 11) is 0. The molecule has 0 unspecified atom stereocenters. The number of carbonyl (C=O) groups is 2. The van der Waals surface area contributed by atoms with E-state index in [1.807, 2.05) is 13.0 Å². The highest BCUT2D eigenvalue weighted by atomic mass is 35.5. The van der Waals surface area contributed by atoms with Crippen LogP contribution in [0.25, 0.3) is 5.76 Å². The van der Waals surface area contributed by atoms with Crippen LogP contribution in [0, 0.1) is 6.92 Å². The molecular formula is C28H27ClN2O4. The number of amides is 1. The summed E-state index contributed by atoms with van der Waals surface area (Å²) in [5, 5.41) is 11.8. The molecule has 1 atom stereocenters. The maximum Gasteiger partial charge on any atom is 0.295 e. The first-order valence-electron chi connectivity index (χ1n) is 11.6. The fraction of sp³-hybridized carbons (Fsp3) is 0.250. The van der Waals surface area contributed by atoms with Crippen LogP contribution in [0.5, 0.6) is 5.75 Å². The lowest BCUT2D eigenvalue weighted by Crippen LogP contribution is -2.29. The van der Waals surface area contributed by atoms with Crippen molar-refractivity contribution in [3.63, 3.8) is 0 Å². The number of aliphatic hydroxyl groups excluding tert-OH is 1. The summed E-state index contributed by atoms with van der Waals surface area (Å²) < 4.78 is 5.82. The van der Waals surface area contributed by atoms with Gasteiger partial charge in [-0.1, -0.05) is 43.1 Å². The average molecular weight is 491 g/mol. The molecule has 180 valence electrons. The zero-order valence-electron chi connectivity index (χ0n) is 19.7. The SMILES string of the molecule is CCCCOc1ccc(C(O)=C2C(=O)C(=O)N(Cc3cccnc3)[C@H]2c2ccc(Cl)cc2)cc1C. The van der Waals surface area contributed by atoms with Crippen molar-refractivity contribution in [2.45, 2.75) is 39.3 Å². The van der Waals surface area contributed by atoms with Crippen LogP contribution in [0.3, 0.4) is 0 Å². The number of rotatable bonds is 8. The normalized spacial score (nSPS) is 17.1. The van der Waals surface area contributed by atoms with Gasteiger partial charge in [0.25, 0.3) is 11.7 Å². The molecule has 1 aliphatic heterocycles. The number of ether oxygens (including phenoxy) is 1. The summed E-state index contributed by atoms with van der Waals surface area (Å²) in [6.45, 7) is 4.76. The molecule has 1 N–H and O–H groups in total. The Balaban J connectivity index is 1.77. The number of aliphatic hydroxyl groups is 1. The molecule has 0 spiro atoms. The fourth-order valence-electron chi connectivity index (χ4n) is 4.16. The van der Waals surface area contributed by atoms with E-state index in [-0.39, 0.29) is 17.9 Å². The van der Waals surface area contributed by atoms with Gasteiger partial charge in [0.2, 0.25) is 0 Å². The Bertz CT molecular complexity index is 1260.